The minimum atomic E-state index is -0.515. The van der Waals surface area contributed by atoms with Crippen LogP contribution in [0.15, 0.2) is 22.8 Å². The molecule has 2 unspecified atom stereocenters. The van der Waals surface area contributed by atoms with E-state index in [0.29, 0.717) is 5.25 Å². The Morgan fingerprint density at radius 1 is 1.72 bits per heavy atom. The summed E-state index contributed by atoms with van der Waals surface area (Å²) >= 11 is 1.85. The van der Waals surface area contributed by atoms with Gasteiger partial charge >= 0.3 is 0 Å². The molecule has 0 aromatic carbocycles. The van der Waals surface area contributed by atoms with E-state index in [0.717, 1.165) is 37.2 Å². The summed E-state index contributed by atoms with van der Waals surface area (Å²) in [6.07, 6.45) is 5.53. The predicted octanol–water partition coefficient (Wildman–Crippen LogP) is 1.90. The highest BCUT2D eigenvalue weighted by molar-refractivity contribution is 7.99. The van der Waals surface area contributed by atoms with Crippen LogP contribution in [0.3, 0.4) is 0 Å². The van der Waals surface area contributed by atoms with Crippen molar-refractivity contribution in [1.82, 2.24) is 5.32 Å². The molecule has 1 heterocycles. The molecule has 1 aliphatic rings. The van der Waals surface area contributed by atoms with Gasteiger partial charge in [0, 0.05) is 5.25 Å². The molecule has 100 valence electrons. The zero-order valence-electron chi connectivity index (χ0n) is 10.6. The highest BCUT2D eigenvalue weighted by Gasteiger charge is 2.40. The van der Waals surface area contributed by atoms with Crippen LogP contribution < -0.4 is 11.1 Å². The highest BCUT2D eigenvalue weighted by atomic mass is 32.2. The van der Waals surface area contributed by atoms with Crippen LogP contribution in [-0.2, 0) is 10.5 Å². The lowest BCUT2D eigenvalue weighted by Gasteiger charge is -2.38. The molecule has 0 saturated heterocycles. The van der Waals surface area contributed by atoms with E-state index < -0.39 is 5.54 Å². The van der Waals surface area contributed by atoms with Gasteiger partial charge in [-0.25, -0.2) is 0 Å². The van der Waals surface area contributed by atoms with Gasteiger partial charge < -0.3 is 15.5 Å². The van der Waals surface area contributed by atoms with Crippen molar-refractivity contribution < 1.29 is 9.21 Å². The van der Waals surface area contributed by atoms with E-state index in [9.17, 15) is 4.79 Å². The Hall–Kier alpha value is -0.940. The molecule has 0 radical (unpaired) electrons. The van der Waals surface area contributed by atoms with Crippen molar-refractivity contribution in [3.8, 4) is 0 Å². The number of carbonyl (C=O) groups excluding carboxylic acids is 1. The van der Waals surface area contributed by atoms with Crippen molar-refractivity contribution in [2.24, 2.45) is 5.73 Å². The summed E-state index contributed by atoms with van der Waals surface area (Å²) in [6, 6.07) is 3.88. The zero-order valence-corrected chi connectivity index (χ0v) is 11.5. The second-order valence-electron chi connectivity index (χ2n) is 4.81. The topological polar surface area (TPSA) is 68.3 Å². The summed E-state index contributed by atoms with van der Waals surface area (Å²) in [4.78, 5) is 11.6. The third kappa shape index (κ3) is 2.90. The lowest BCUT2D eigenvalue weighted by molar-refractivity contribution is -0.125. The third-order valence-corrected chi connectivity index (χ3v) is 5.02. The highest BCUT2D eigenvalue weighted by Crippen LogP contribution is 2.36. The van der Waals surface area contributed by atoms with Gasteiger partial charge in [0.1, 0.15) is 5.76 Å². The fourth-order valence-corrected chi connectivity index (χ4v) is 3.84. The Bertz CT molecular complexity index is 394. The number of thioether (sulfide) groups is 1. The standard InChI is InChI=1S/C13H20N2O2S/c1-15-13(12(14)16)6-2-5-11(8-13)18-9-10-4-3-7-17-10/h3-4,7,11,15H,2,5-6,8-9H2,1H3,(H2,14,16). The Morgan fingerprint density at radius 3 is 3.17 bits per heavy atom. The number of likely N-dealkylation sites (N-methyl/N-ethyl adjacent to an activating group) is 1. The van der Waals surface area contributed by atoms with E-state index in [4.69, 9.17) is 10.2 Å². The van der Waals surface area contributed by atoms with E-state index in [1.54, 1.807) is 6.26 Å². The third-order valence-electron chi connectivity index (χ3n) is 3.70. The number of carbonyl (C=O) groups is 1. The van der Waals surface area contributed by atoms with E-state index in [1.165, 1.54) is 0 Å². The molecule has 1 amide bonds. The van der Waals surface area contributed by atoms with Crippen LogP contribution >= 0.6 is 11.8 Å². The van der Waals surface area contributed by atoms with Crippen LogP contribution in [0, 0.1) is 0 Å². The van der Waals surface area contributed by atoms with Crippen LogP contribution in [-0.4, -0.2) is 23.7 Å². The van der Waals surface area contributed by atoms with Gasteiger partial charge in [0.2, 0.25) is 5.91 Å². The number of rotatable bonds is 5. The van der Waals surface area contributed by atoms with Gasteiger partial charge in [0.25, 0.3) is 0 Å². The fourth-order valence-electron chi connectivity index (χ4n) is 2.54. The normalized spacial score (nSPS) is 28.2. The monoisotopic (exact) mass is 268 g/mol. The first-order valence-electron chi connectivity index (χ1n) is 6.29. The second-order valence-corrected chi connectivity index (χ2v) is 6.09. The molecule has 5 heteroatoms. The van der Waals surface area contributed by atoms with Crippen molar-refractivity contribution >= 4 is 17.7 Å². The lowest BCUT2D eigenvalue weighted by Crippen LogP contribution is -2.57. The van der Waals surface area contributed by atoms with Gasteiger partial charge in [-0.05, 0) is 44.9 Å². The maximum absolute atomic E-state index is 11.6. The minimum absolute atomic E-state index is 0.228. The molecule has 4 nitrogen and oxygen atoms in total. The molecule has 0 spiro atoms. The molecular weight excluding hydrogens is 248 g/mol. The molecule has 2 atom stereocenters. The van der Waals surface area contributed by atoms with Crippen molar-refractivity contribution in [2.45, 2.75) is 42.2 Å². The van der Waals surface area contributed by atoms with E-state index in [-0.39, 0.29) is 5.91 Å². The quantitative estimate of drug-likeness (QED) is 0.856. The SMILES string of the molecule is CNC1(C(N)=O)CCCC(SCc2ccco2)C1. The zero-order chi connectivity index (χ0) is 13.0. The number of hydrogen-bond acceptors (Lipinski definition) is 4. The first kappa shape index (κ1) is 13.5. The number of primary amides is 1. The van der Waals surface area contributed by atoms with Crippen molar-refractivity contribution in [2.75, 3.05) is 7.05 Å². The summed E-state index contributed by atoms with van der Waals surface area (Å²) in [7, 11) is 1.82. The van der Waals surface area contributed by atoms with Gasteiger partial charge in [-0.15, -0.1) is 0 Å². The molecular formula is C13H20N2O2S. The Labute approximate surface area is 112 Å². The molecule has 1 aromatic rings. The summed E-state index contributed by atoms with van der Waals surface area (Å²) in [5.41, 5.74) is 5.02. The van der Waals surface area contributed by atoms with Crippen molar-refractivity contribution in [1.29, 1.82) is 0 Å². The molecule has 1 aliphatic carbocycles. The Kier molecular flexibility index (Phi) is 4.35. The van der Waals surface area contributed by atoms with Crippen LogP contribution in [0.5, 0.6) is 0 Å². The molecule has 0 aliphatic heterocycles. The number of nitrogens with one attached hydrogen (secondary N) is 1. The smallest absolute Gasteiger partial charge is 0.237 e. The van der Waals surface area contributed by atoms with Crippen molar-refractivity contribution in [3.05, 3.63) is 24.2 Å². The van der Waals surface area contributed by atoms with Gasteiger partial charge in [0.15, 0.2) is 0 Å². The number of amides is 1. The van der Waals surface area contributed by atoms with E-state index in [1.807, 2.05) is 30.9 Å². The summed E-state index contributed by atoms with van der Waals surface area (Å²) in [5.74, 6) is 1.61. The first-order valence-corrected chi connectivity index (χ1v) is 7.34. The van der Waals surface area contributed by atoms with E-state index in [2.05, 4.69) is 5.32 Å². The van der Waals surface area contributed by atoms with Gasteiger partial charge in [-0.3, -0.25) is 4.79 Å². The average molecular weight is 268 g/mol. The van der Waals surface area contributed by atoms with Crippen LogP contribution in [0.2, 0.25) is 0 Å². The summed E-state index contributed by atoms with van der Waals surface area (Å²) in [5, 5.41) is 3.59. The first-order chi connectivity index (χ1) is 8.66. The van der Waals surface area contributed by atoms with Crippen LogP contribution in [0.1, 0.15) is 31.4 Å². The summed E-state index contributed by atoms with van der Waals surface area (Å²) in [6.45, 7) is 0. The molecule has 2 rings (SSSR count). The Morgan fingerprint density at radius 2 is 2.56 bits per heavy atom. The maximum atomic E-state index is 11.6. The second kappa shape index (κ2) is 5.80. The molecule has 1 saturated carbocycles. The molecule has 1 aromatic heterocycles. The number of hydrogen-bond donors (Lipinski definition) is 2. The van der Waals surface area contributed by atoms with Gasteiger partial charge in [0.05, 0.1) is 17.6 Å². The maximum Gasteiger partial charge on any atom is 0.237 e. The molecule has 1 fully saturated rings. The molecule has 0 bridgehead atoms. The largest absolute Gasteiger partial charge is 0.468 e. The molecule has 3 N–H and O–H groups in total. The Balaban J connectivity index is 1.92. The van der Waals surface area contributed by atoms with Crippen LogP contribution in [0.25, 0.3) is 0 Å². The lowest BCUT2D eigenvalue weighted by atomic mass is 9.81. The van der Waals surface area contributed by atoms with Crippen LogP contribution in [0.4, 0.5) is 0 Å². The van der Waals surface area contributed by atoms with Crippen molar-refractivity contribution in [3.63, 3.8) is 0 Å². The fraction of sp³-hybridized carbons (Fsp3) is 0.615. The average Bonchev–Trinajstić information content (AvgIpc) is 2.89. The van der Waals surface area contributed by atoms with Gasteiger partial charge in [-0.2, -0.15) is 11.8 Å². The molecule has 18 heavy (non-hydrogen) atoms. The minimum Gasteiger partial charge on any atom is -0.468 e. The van der Waals surface area contributed by atoms with Gasteiger partial charge in [-0.1, -0.05) is 0 Å². The number of furan rings is 1. The van der Waals surface area contributed by atoms with E-state index >= 15 is 0 Å². The number of nitrogens with two attached hydrogens (primary N) is 1. The predicted molar refractivity (Wildman–Crippen MR) is 73.2 cm³/mol. The summed E-state index contributed by atoms with van der Waals surface area (Å²) < 4.78 is 5.32.